The van der Waals surface area contributed by atoms with Gasteiger partial charge in [0.25, 0.3) is 10.0 Å². The minimum Gasteiger partial charge on any atom is -0.441 e. The third-order valence-electron chi connectivity index (χ3n) is 5.07. The molecular formula is C20H28FN2O6PS. The maximum atomic E-state index is 14.9. The fourth-order valence-corrected chi connectivity index (χ4v) is 7.10. The molecule has 0 amide bonds. The van der Waals surface area contributed by atoms with Gasteiger partial charge in [0.2, 0.25) is 0 Å². The van der Waals surface area contributed by atoms with Crippen LogP contribution >= 0.6 is 7.75 Å². The molecular weight excluding hydrogens is 446 g/mol. The second-order valence-corrected chi connectivity index (χ2v) is 11.0. The summed E-state index contributed by atoms with van der Waals surface area (Å²) >= 11 is 0. The second kappa shape index (κ2) is 9.92. The van der Waals surface area contributed by atoms with Gasteiger partial charge in [0.1, 0.15) is 10.7 Å². The minimum absolute atomic E-state index is 0.0456. The van der Waals surface area contributed by atoms with Crippen LogP contribution in [0.5, 0.6) is 0 Å². The van der Waals surface area contributed by atoms with Crippen LogP contribution in [0.2, 0.25) is 0 Å². The van der Waals surface area contributed by atoms with Gasteiger partial charge in [0, 0.05) is 18.4 Å². The molecule has 1 fully saturated rings. The van der Waals surface area contributed by atoms with Crippen molar-refractivity contribution >= 4 is 17.8 Å². The van der Waals surface area contributed by atoms with Gasteiger partial charge in [-0.3, -0.25) is 9.05 Å². The Labute approximate surface area is 182 Å². The molecule has 1 N–H and O–H groups in total. The number of halogens is 1. The van der Waals surface area contributed by atoms with Crippen molar-refractivity contribution in [1.82, 2.24) is 9.48 Å². The van der Waals surface area contributed by atoms with E-state index in [4.69, 9.17) is 13.5 Å². The van der Waals surface area contributed by atoms with Gasteiger partial charge in [-0.1, -0.05) is 19.3 Å². The zero-order chi connectivity index (χ0) is 22.6. The Balaban J connectivity index is 1.93. The zero-order valence-electron chi connectivity index (χ0n) is 17.9. The molecule has 0 aliphatic heterocycles. The van der Waals surface area contributed by atoms with Crippen molar-refractivity contribution in [3.63, 3.8) is 0 Å². The Hall–Kier alpha value is -1.58. The maximum absolute atomic E-state index is 14.9. The maximum Gasteiger partial charge on any atom is 0.419 e. The van der Waals surface area contributed by atoms with E-state index < -0.39 is 28.5 Å². The molecule has 11 heteroatoms. The van der Waals surface area contributed by atoms with Gasteiger partial charge < -0.3 is 4.42 Å². The summed E-state index contributed by atoms with van der Waals surface area (Å²) in [5.74, 6) is 0.157. The monoisotopic (exact) mass is 474 g/mol. The largest absolute Gasteiger partial charge is 0.441 e. The Kier molecular flexibility index (Phi) is 7.70. The van der Waals surface area contributed by atoms with E-state index in [-0.39, 0.29) is 19.1 Å². The molecule has 0 unspecified atom stereocenters. The van der Waals surface area contributed by atoms with E-state index in [1.807, 2.05) is 4.49 Å². The van der Waals surface area contributed by atoms with Crippen molar-refractivity contribution in [3.05, 3.63) is 35.6 Å². The first kappa shape index (κ1) is 24.1. The van der Waals surface area contributed by atoms with Crippen LogP contribution in [0, 0.1) is 12.7 Å². The van der Waals surface area contributed by atoms with Crippen LogP contribution in [-0.4, -0.2) is 26.6 Å². The fourth-order valence-electron chi connectivity index (χ4n) is 3.79. The van der Waals surface area contributed by atoms with Gasteiger partial charge in [-0.15, -0.1) is 4.49 Å². The van der Waals surface area contributed by atoms with Gasteiger partial charge in [-0.2, -0.15) is 0 Å². The number of aromatic nitrogens is 1. The summed E-state index contributed by atoms with van der Waals surface area (Å²) < 4.78 is 70.3. The first-order valence-corrected chi connectivity index (χ1v) is 13.4. The molecule has 0 bridgehead atoms. The van der Waals surface area contributed by atoms with E-state index in [2.05, 4.69) is 4.98 Å². The number of nitrogens with one attached hydrogen (secondary N) is 1. The first-order chi connectivity index (χ1) is 14.7. The minimum atomic E-state index is -4.50. The predicted molar refractivity (Wildman–Crippen MR) is 114 cm³/mol. The third-order valence-corrected chi connectivity index (χ3v) is 9.03. The van der Waals surface area contributed by atoms with Crippen molar-refractivity contribution in [2.45, 2.75) is 63.7 Å². The van der Waals surface area contributed by atoms with Crippen molar-refractivity contribution in [2.75, 3.05) is 13.2 Å². The van der Waals surface area contributed by atoms with Crippen molar-refractivity contribution in [2.24, 2.45) is 0 Å². The van der Waals surface area contributed by atoms with Crippen LogP contribution in [0.3, 0.4) is 0 Å². The molecule has 1 aromatic carbocycles. The molecule has 31 heavy (non-hydrogen) atoms. The molecule has 2 aromatic rings. The SMILES string of the molecule is CCOP(=O)(NS(=O)(=O)c1ccc(-c2oc(C)nc2C2CCCCC2)cc1F)OCC. The zero-order valence-corrected chi connectivity index (χ0v) is 19.6. The summed E-state index contributed by atoms with van der Waals surface area (Å²) in [6, 6.07) is 3.65. The number of nitrogens with zero attached hydrogens (tertiary/aromatic N) is 1. The van der Waals surface area contributed by atoms with Crippen molar-refractivity contribution in [3.8, 4) is 11.3 Å². The van der Waals surface area contributed by atoms with E-state index >= 15 is 0 Å². The molecule has 172 valence electrons. The van der Waals surface area contributed by atoms with E-state index in [0.717, 1.165) is 43.5 Å². The second-order valence-electron chi connectivity index (χ2n) is 7.36. The van der Waals surface area contributed by atoms with E-state index in [1.54, 1.807) is 20.8 Å². The number of sulfonamides is 1. The number of rotatable bonds is 9. The van der Waals surface area contributed by atoms with Crippen molar-refractivity contribution in [1.29, 1.82) is 0 Å². The normalized spacial score (nSPS) is 16.0. The molecule has 1 aromatic heterocycles. The molecule has 0 spiro atoms. The smallest absolute Gasteiger partial charge is 0.419 e. The highest BCUT2D eigenvalue weighted by molar-refractivity contribution is 7.94. The number of benzene rings is 1. The lowest BCUT2D eigenvalue weighted by Gasteiger charge is -2.20. The van der Waals surface area contributed by atoms with Gasteiger partial charge >= 0.3 is 7.75 Å². The van der Waals surface area contributed by atoms with Crippen molar-refractivity contribution < 1.29 is 30.8 Å². The van der Waals surface area contributed by atoms with Crippen LogP contribution in [0.15, 0.2) is 27.5 Å². The summed E-state index contributed by atoms with van der Waals surface area (Å²) in [4.78, 5) is 3.85. The fraction of sp³-hybridized carbons (Fsp3) is 0.550. The summed E-state index contributed by atoms with van der Waals surface area (Å²) in [6.45, 7) is 4.72. The lowest BCUT2D eigenvalue weighted by molar-refractivity contribution is 0.217. The summed E-state index contributed by atoms with van der Waals surface area (Å²) in [6.07, 6.45) is 5.37. The average molecular weight is 474 g/mol. The Bertz CT molecular complexity index is 1060. The highest BCUT2D eigenvalue weighted by atomic mass is 32.2. The van der Waals surface area contributed by atoms with Gasteiger partial charge in [0.15, 0.2) is 11.7 Å². The van der Waals surface area contributed by atoms with E-state index in [1.165, 1.54) is 12.5 Å². The van der Waals surface area contributed by atoms with E-state index in [0.29, 0.717) is 17.2 Å². The lowest BCUT2D eigenvalue weighted by Crippen LogP contribution is -2.24. The van der Waals surface area contributed by atoms with Gasteiger partial charge in [-0.25, -0.2) is 22.4 Å². The molecule has 1 aliphatic rings. The molecule has 1 aliphatic carbocycles. The number of aryl methyl sites for hydroxylation is 1. The van der Waals surface area contributed by atoms with Crippen LogP contribution in [0.1, 0.15) is 63.5 Å². The Morgan fingerprint density at radius 3 is 2.42 bits per heavy atom. The Morgan fingerprint density at radius 1 is 1.19 bits per heavy atom. The van der Waals surface area contributed by atoms with E-state index in [9.17, 15) is 17.4 Å². The summed E-state index contributed by atoms with van der Waals surface area (Å²) in [5, 5.41) is 0. The molecule has 0 atom stereocenters. The predicted octanol–water partition coefficient (Wildman–Crippen LogP) is 5.30. The highest BCUT2D eigenvalue weighted by Gasteiger charge is 2.33. The Morgan fingerprint density at radius 2 is 1.84 bits per heavy atom. The van der Waals surface area contributed by atoms with Crippen LogP contribution in [0.25, 0.3) is 11.3 Å². The number of hydrogen-bond acceptors (Lipinski definition) is 7. The first-order valence-electron chi connectivity index (χ1n) is 10.4. The average Bonchev–Trinajstić information content (AvgIpc) is 3.10. The molecule has 1 heterocycles. The van der Waals surface area contributed by atoms with Crippen LogP contribution in [0.4, 0.5) is 4.39 Å². The number of hydrogen-bond donors (Lipinski definition) is 1. The molecule has 1 saturated carbocycles. The highest BCUT2D eigenvalue weighted by Crippen LogP contribution is 2.45. The van der Waals surface area contributed by atoms with Crippen LogP contribution in [-0.2, 0) is 23.6 Å². The summed E-state index contributed by atoms with van der Waals surface area (Å²) in [5.41, 5.74) is 1.18. The third kappa shape index (κ3) is 5.62. The molecule has 8 nitrogen and oxygen atoms in total. The lowest BCUT2D eigenvalue weighted by atomic mass is 9.85. The quantitative estimate of drug-likeness (QED) is 0.492. The van der Waals surface area contributed by atoms with Crippen LogP contribution < -0.4 is 4.49 Å². The molecule has 3 rings (SSSR count). The number of oxazole rings is 1. The molecule has 0 radical (unpaired) electrons. The van der Waals surface area contributed by atoms with Gasteiger partial charge in [-0.05, 0) is 44.9 Å². The molecule has 0 saturated heterocycles. The topological polar surface area (TPSA) is 108 Å². The summed E-state index contributed by atoms with van der Waals surface area (Å²) in [7, 11) is -8.65. The standard InChI is InChI=1S/C20H28FN2O6PS/c1-4-27-30(24,28-5-2)23-31(25,26)18-12-11-16(13-17(18)21)20-19(22-14(3)29-20)15-9-7-6-8-10-15/h11-13,15H,4-10H2,1-3H3,(H,23,24). The van der Waals surface area contributed by atoms with Gasteiger partial charge in [0.05, 0.1) is 18.9 Å².